The van der Waals surface area contributed by atoms with Gasteiger partial charge in [0.05, 0.1) is 21.9 Å². The van der Waals surface area contributed by atoms with Crippen molar-refractivity contribution in [2.24, 2.45) is 5.92 Å². The predicted molar refractivity (Wildman–Crippen MR) is 136 cm³/mol. The number of carbonyl (C=O) groups excluding carboxylic acids is 1. The van der Waals surface area contributed by atoms with Crippen LogP contribution in [0.15, 0.2) is 60.8 Å². The summed E-state index contributed by atoms with van der Waals surface area (Å²) in [5.41, 5.74) is 9.69. The first-order valence-corrected chi connectivity index (χ1v) is 11.4. The molecule has 0 saturated carbocycles. The molecule has 0 aliphatic carbocycles. The molecule has 4 aromatic rings. The molecule has 5 rings (SSSR count). The Bertz CT molecular complexity index is 1360. The molecule has 34 heavy (non-hydrogen) atoms. The Kier molecular flexibility index (Phi) is 6.00. The van der Waals surface area contributed by atoms with Gasteiger partial charge in [-0.05, 0) is 25.2 Å². The van der Waals surface area contributed by atoms with Crippen molar-refractivity contribution in [1.29, 1.82) is 0 Å². The van der Waals surface area contributed by atoms with Crippen molar-refractivity contribution in [3.05, 3.63) is 65.8 Å². The first kappa shape index (κ1) is 22.1. The number of likely N-dealkylation sites (tertiary alicyclic amines) is 1. The van der Waals surface area contributed by atoms with E-state index < -0.39 is 0 Å². The van der Waals surface area contributed by atoms with Crippen molar-refractivity contribution in [2.75, 3.05) is 37.7 Å². The van der Waals surface area contributed by atoms with Gasteiger partial charge in [0.2, 0.25) is 0 Å². The van der Waals surface area contributed by atoms with Crippen LogP contribution in [0.1, 0.15) is 0 Å². The zero-order valence-corrected chi connectivity index (χ0v) is 19.4. The molecule has 2 amide bonds. The van der Waals surface area contributed by atoms with E-state index >= 15 is 0 Å². The highest BCUT2D eigenvalue weighted by Crippen LogP contribution is 2.35. The van der Waals surface area contributed by atoms with Crippen molar-refractivity contribution >= 4 is 40.2 Å². The molecule has 8 nitrogen and oxygen atoms in total. The molecule has 0 spiro atoms. The summed E-state index contributed by atoms with van der Waals surface area (Å²) in [4.78, 5) is 28.5. The maximum atomic E-state index is 12.5. The molecule has 2 aromatic heterocycles. The van der Waals surface area contributed by atoms with E-state index in [1.54, 1.807) is 12.3 Å². The van der Waals surface area contributed by atoms with Crippen LogP contribution in [0.3, 0.4) is 0 Å². The summed E-state index contributed by atoms with van der Waals surface area (Å²) in [6.45, 7) is 2.52. The third-order valence-electron chi connectivity index (χ3n) is 5.82. The lowest BCUT2D eigenvalue weighted by Crippen LogP contribution is -2.49. The third kappa shape index (κ3) is 4.50. The van der Waals surface area contributed by atoms with Crippen molar-refractivity contribution in [3.8, 4) is 22.5 Å². The number of amides is 2. The molecule has 0 bridgehead atoms. The number of benzene rings is 2. The smallest absolute Gasteiger partial charge is 0.320 e. The number of hydrogen-bond acceptors (Lipinski definition) is 6. The molecule has 1 aliphatic rings. The van der Waals surface area contributed by atoms with E-state index in [4.69, 9.17) is 22.3 Å². The second-order valence-corrected chi connectivity index (χ2v) is 8.88. The number of halogens is 1. The SMILES string of the molecule is CN1CC(CNC(=O)Nc2nc(-c3cc(Cl)c4ncccc4c3)c(-c3ccccc3)nc2N)C1. The van der Waals surface area contributed by atoms with Gasteiger partial charge >= 0.3 is 6.03 Å². The van der Waals surface area contributed by atoms with Crippen LogP contribution in [0.25, 0.3) is 33.4 Å². The van der Waals surface area contributed by atoms with E-state index in [1.807, 2.05) is 48.5 Å². The van der Waals surface area contributed by atoms with E-state index in [2.05, 4.69) is 32.5 Å². The number of rotatable bonds is 5. The van der Waals surface area contributed by atoms with Crippen LogP contribution < -0.4 is 16.4 Å². The molecular formula is C25H24ClN7O. The second kappa shape index (κ2) is 9.24. The van der Waals surface area contributed by atoms with Crippen molar-refractivity contribution in [3.63, 3.8) is 0 Å². The number of nitrogens with one attached hydrogen (secondary N) is 2. The monoisotopic (exact) mass is 473 g/mol. The van der Waals surface area contributed by atoms with Gasteiger partial charge in [0.25, 0.3) is 0 Å². The van der Waals surface area contributed by atoms with Crippen molar-refractivity contribution in [1.82, 2.24) is 25.2 Å². The first-order chi connectivity index (χ1) is 16.5. The number of nitrogens with zero attached hydrogens (tertiary/aromatic N) is 4. The zero-order chi connectivity index (χ0) is 23.7. The second-order valence-electron chi connectivity index (χ2n) is 8.48. The van der Waals surface area contributed by atoms with Gasteiger partial charge in [0.1, 0.15) is 0 Å². The van der Waals surface area contributed by atoms with E-state index in [0.29, 0.717) is 34.4 Å². The van der Waals surface area contributed by atoms with Crippen LogP contribution in [0.2, 0.25) is 5.02 Å². The number of carbonyl (C=O) groups is 1. The van der Waals surface area contributed by atoms with Crippen molar-refractivity contribution < 1.29 is 4.79 Å². The van der Waals surface area contributed by atoms with Gasteiger partial charge in [0.15, 0.2) is 11.6 Å². The van der Waals surface area contributed by atoms with Crippen LogP contribution in [0, 0.1) is 5.92 Å². The van der Waals surface area contributed by atoms with E-state index in [0.717, 1.165) is 29.6 Å². The fourth-order valence-corrected chi connectivity index (χ4v) is 4.44. The molecule has 9 heteroatoms. The maximum Gasteiger partial charge on any atom is 0.320 e. The minimum absolute atomic E-state index is 0.134. The standard InChI is InChI=1S/C25H24ClN7O/c1-33-13-15(14-33)12-29-25(34)32-24-23(27)30-21(16-6-3-2-4-7-16)22(31-24)18-10-17-8-5-9-28-20(17)19(26)11-18/h2-11,15H,12-14H2,1H3,(H2,27,30)(H2,29,31,32,34). The number of hydrogen-bond donors (Lipinski definition) is 3. The minimum atomic E-state index is -0.366. The Balaban J connectivity index is 1.53. The molecule has 0 atom stereocenters. The Hall–Kier alpha value is -3.75. The molecule has 3 heterocycles. The van der Waals surface area contributed by atoms with E-state index in [9.17, 15) is 4.79 Å². The number of nitrogens with two attached hydrogens (primary N) is 1. The largest absolute Gasteiger partial charge is 0.381 e. The molecule has 172 valence electrons. The first-order valence-electron chi connectivity index (χ1n) is 11.0. The summed E-state index contributed by atoms with van der Waals surface area (Å²) in [5, 5.41) is 7.03. The van der Waals surface area contributed by atoms with Gasteiger partial charge in [0, 0.05) is 48.3 Å². The average molecular weight is 474 g/mol. The Morgan fingerprint density at radius 3 is 2.62 bits per heavy atom. The summed E-state index contributed by atoms with van der Waals surface area (Å²) in [7, 11) is 2.05. The molecule has 2 aromatic carbocycles. The van der Waals surface area contributed by atoms with Gasteiger partial charge in [-0.1, -0.05) is 48.0 Å². The molecule has 1 fully saturated rings. The van der Waals surface area contributed by atoms with Gasteiger partial charge in [-0.2, -0.15) is 0 Å². The van der Waals surface area contributed by atoms with Gasteiger partial charge in [-0.25, -0.2) is 14.8 Å². The molecule has 1 aliphatic heterocycles. The lowest BCUT2D eigenvalue weighted by atomic mass is 10.0. The molecule has 0 unspecified atom stereocenters. The van der Waals surface area contributed by atoms with Crippen LogP contribution in [0.4, 0.5) is 16.4 Å². The zero-order valence-electron chi connectivity index (χ0n) is 18.6. The maximum absolute atomic E-state index is 12.5. The third-order valence-corrected chi connectivity index (χ3v) is 6.11. The fraction of sp³-hybridized carbons (Fsp3) is 0.200. The molecular weight excluding hydrogens is 450 g/mol. The molecule has 4 N–H and O–H groups in total. The lowest BCUT2D eigenvalue weighted by Gasteiger charge is -2.36. The Morgan fingerprint density at radius 2 is 1.85 bits per heavy atom. The number of urea groups is 1. The minimum Gasteiger partial charge on any atom is -0.381 e. The Labute approximate surface area is 202 Å². The lowest BCUT2D eigenvalue weighted by molar-refractivity contribution is 0.134. The number of fused-ring (bicyclic) bond motifs is 1. The quantitative estimate of drug-likeness (QED) is 0.399. The van der Waals surface area contributed by atoms with Crippen LogP contribution in [-0.4, -0.2) is 52.6 Å². The Morgan fingerprint density at radius 1 is 1.09 bits per heavy atom. The summed E-state index contributed by atoms with van der Waals surface area (Å²) in [6, 6.07) is 16.8. The van der Waals surface area contributed by atoms with Crippen LogP contribution >= 0.6 is 11.6 Å². The highest BCUT2D eigenvalue weighted by molar-refractivity contribution is 6.35. The average Bonchev–Trinajstić information content (AvgIpc) is 2.82. The van der Waals surface area contributed by atoms with E-state index in [1.165, 1.54) is 0 Å². The van der Waals surface area contributed by atoms with Crippen LogP contribution in [0.5, 0.6) is 0 Å². The van der Waals surface area contributed by atoms with E-state index in [-0.39, 0.29) is 17.7 Å². The van der Waals surface area contributed by atoms with Gasteiger partial charge in [-0.3, -0.25) is 10.3 Å². The number of anilines is 2. The van der Waals surface area contributed by atoms with Crippen LogP contribution in [-0.2, 0) is 0 Å². The van der Waals surface area contributed by atoms with Gasteiger partial charge in [-0.15, -0.1) is 0 Å². The summed E-state index contributed by atoms with van der Waals surface area (Å²) >= 11 is 6.55. The predicted octanol–water partition coefficient (Wildman–Crippen LogP) is 4.28. The topological polar surface area (TPSA) is 109 Å². The summed E-state index contributed by atoms with van der Waals surface area (Å²) in [6.07, 6.45) is 1.70. The van der Waals surface area contributed by atoms with Gasteiger partial charge < -0.3 is 16.0 Å². The molecule has 1 saturated heterocycles. The van der Waals surface area contributed by atoms with Crippen molar-refractivity contribution in [2.45, 2.75) is 0 Å². The number of pyridine rings is 1. The summed E-state index contributed by atoms with van der Waals surface area (Å²) in [5.74, 6) is 0.776. The summed E-state index contributed by atoms with van der Waals surface area (Å²) < 4.78 is 0. The number of aromatic nitrogens is 3. The normalized spacial score (nSPS) is 14.1. The molecule has 0 radical (unpaired) electrons. The highest BCUT2D eigenvalue weighted by atomic mass is 35.5. The fourth-order valence-electron chi connectivity index (χ4n) is 4.17. The number of nitrogen functional groups attached to an aromatic ring is 1. The highest BCUT2D eigenvalue weighted by Gasteiger charge is 2.24.